The first-order chi connectivity index (χ1) is 9.57. The minimum absolute atomic E-state index is 0.0332. The molecule has 0 spiro atoms. The summed E-state index contributed by atoms with van der Waals surface area (Å²) in [5.41, 5.74) is 0.678. The Balaban J connectivity index is 2.05. The lowest BCUT2D eigenvalue weighted by molar-refractivity contribution is -0.119. The van der Waals surface area contributed by atoms with Gasteiger partial charge in [0.15, 0.2) is 5.78 Å². The highest BCUT2D eigenvalue weighted by Crippen LogP contribution is 2.66. The molecule has 0 amide bonds. The van der Waals surface area contributed by atoms with Crippen molar-refractivity contribution in [2.45, 2.75) is 37.8 Å². The Hall–Kier alpha value is -0.650. The van der Waals surface area contributed by atoms with Gasteiger partial charge in [-0.05, 0) is 36.5 Å². The largest absolute Gasteiger partial charge is 0.294 e. The molecule has 2 aliphatic rings. The highest BCUT2D eigenvalue weighted by molar-refractivity contribution is 8.15. The lowest BCUT2D eigenvalue weighted by atomic mass is 9.69. The molecule has 2 unspecified atom stereocenters. The molecule has 0 radical (unpaired) electrons. The maximum atomic E-state index is 12.6. The van der Waals surface area contributed by atoms with Crippen LogP contribution in [0.5, 0.6) is 0 Å². The van der Waals surface area contributed by atoms with Gasteiger partial charge in [0.25, 0.3) is 9.05 Å². The Bertz CT molecular complexity index is 758. The van der Waals surface area contributed by atoms with E-state index in [1.165, 1.54) is 6.07 Å². The summed E-state index contributed by atoms with van der Waals surface area (Å²) in [4.78, 5) is 13.4. The summed E-state index contributed by atoms with van der Waals surface area (Å²) in [7, 11) is 1.65. The second-order valence-corrected chi connectivity index (χ2v) is 10.6. The number of allylic oxidation sites excluding steroid dienone is 1. The van der Waals surface area contributed by atoms with Crippen molar-refractivity contribution >= 4 is 42.9 Å². The molecule has 2 saturated carbocycles. The fourth-order valence-electron chi connectivity index (χ4n) is 3.82. The third-order valence-electron chi connectivity index (χ3n) is 5.53. The molecular weight excluding hydrogens is 328 g/mol. The monoisotopic (exact) mass is 344 g/mol. The van der Waals surface area contributed by atoms with Crippen LogP contribution in [0.2, 0.25) is 0 Å². The maximum absolute atomic E-state index is 12.6. The van der Waals surface area contributed by atoms with E-state index < -0.39 is 9.05 Å². The minimum atomic E-state index is -3.70. The molecular formula is C15H17ClO3S2. The Morgan fingerprint density at radius 1 is 1.33 bits per heavy atom. The lowest BCUT2D eigenvalue weighted by Gasteiger charge is -2.34. The molecule has 2 bridgehead atoms. The van der Waals surface area contributed by atoms with Crippen LogP contribution < -0.4 is 0 Å². The molecule has 0 aliphatic heterocycles. The van der Waals surface area contributed by atoms with Gasteiger partial charge in [-0.25, -0.2) is 8.42 Å². The SMILES string of the molecule is CC12CCC(C(=O)/C1=C\c1ccc(S(=O)(=O)Cl)s1)C2(C)C. The fourth-order valence-corrected chi connectivity index (χ4v) is 5.85. The number of halogens is 1. The first kappa shape index (κ1) is 15.3. The van der Waals surface area contributed by atoms with Crippen LogP contribution in [0.25, 0.3) is 6.08 Å². The van der Waals surface area contributed by atoms with Gasteiger partial charge in [-0.15, -0.1) is 11.3 Å². The van der Waals surface area contributed by atoms with Crippen molar-refractivity contribution in [2.24, 2.45) is 16.7 Å². The molecule has 0 N–H and O–H groups in total. The van der Waals surface area contributed by atoms with Crippen molar-refractivity contribution in [1.29, 1.82) is 0 Å². The first-order valence-corrected chi connectivity index (χ1v) is 10.0. The molecule has 1 aromatic heterocycles. The van der Waals surface area contributed by atoms with Crippen LogP contribution in [0.1, 0.15) is 38.5 Å². The molecule has 2 aliphatic carbocycles. The number of ketones is 1. The topological polar surface area (TPSA) is 51.2 Å². The fraction of sp³-hybridized carbons (Fsp3) is 0.533. The molecule has 0 saturated heterocycles. The number of carbonyl (C=O) groups excluding carboxylic acids is 1. The van der Waals surface area contributed by atoms with E-state index in [1.807, 2.05) is 6.08 Å². The smallest absolute Gasteiger partial charge is 0.270 e. The zero-order chi connectivity index (χ0) is 15.6. The summed E-state index contributed by atoms with van der Waals surface area (Å²) >= 11 is 1.11. The number of hydrogen-bond acceptors (Lipinski definition) is 4. The zero-order valence-corrected chi connectivity index (χ0v) is 14.5. The molecule has 1 aromatic rings. The van der Waals surface area contributed by atoms with Gasteiger partial charge in [0.05, 0.1) is 0 Å². The zero-order valence-electron chi connectivity index (χ0n) is 12.1. The summed E-state index contributed by atoms with van der Waals surface area (Å²) in [6.45, 7) is 6.47. The van der Waals surface area contributed by atoms with Crippen molar-refractivity contribution in [3.63, 3.8) is 0 Å². The third kappa shape index (κ3) is 2.05. The average molecular weight is 345 g/mol. The number of Topliss-reactive ketones (excluding diaryl/α,β-unsaturated/α-hetero) is 1. The number of rotatable bonds is 2. The van der Waals surface area contributed by atoms with Gasteiger partial charge in [-0.3, -0.25) is 4.79 Å². The number of fused-ring (bicyclic) bond motifs is 2. The Morgan fingerprint density at radius 2 is 2.00 bits per heavy atom. The van der Waals surface area contributed by atoms with Gasteiger partial charge >= 0.3 is 0 Å². The van der Waals surface area contributed by atoms with Gasteiger partial charge < -0.3 is 0 Å². The lowest BCUT2D eigenvalue weighted by Crippen LogP contribution is -2.27. The summed E-state index contributed by atoms with van der Waals surface area (Å²) in [6, 6.07) is 3.20. The summed E-state index contributed by atoms with van der Waals surface area (Å²) < 4.78 is 22.8. The van der Waals surface area contributed by atoms with Crippen LogP contribution in [0.4, 0.5) is 0 Å². The first-order valence-electron chi connectivity index (χ1n) is 6.88. The van der Waals surface area contributed by atoms with Gasteiger partial charge in [0, 0.05) is 32.5 Å². The van der Waals surface area contributed by atoms with Crippen LogP contribution in [0.15, 0.2) is 21.9 Å². The van der Waals surface area contributed by atoms with E-state index in [1.54, 1.807) is 6.07 Å². The Morgan fingerprint density at radius 3 is 2.48 bits per heavy atom. The molecule has 3 rings (SSSR count). The number of thiophene rings is 1. The van der Waals surface area contributed by atoms with E-state index in [9.17, 15) is 13.2 Å². The highest BCUT2D eigenvalue weighted by Gasteiger charge is 2.63. The van der Waals surface area contributed by atoms with Gasteiger partial charge in [0.1, 0.15) is 4.21 Å². The quantitative estimate of drug-likeness (QED) is 0.600. The van der Waals surface area contributed by atoms with E-state index in [-0.39, 0.29) is 26.7 Å². The van der Waals surface area contributed by atoms with Gasteiger partial charge in [-0.2, -0.15) is 0 Å². The normalized spacial score (nSPS) is 33.0. The Labute approximate surface area is 133 Å². The summed E-state index contributed by atoms with van der Waals surface area (Å²) in [5.74, 6) is 0.308. The molecule has 6 heteroatoms. The van der Waals surface area contributed by atoms with E-state index in [0.29, 0.717) is 0 Å². The van der Waals surface area contributed by atoms with Crippen molar-refractivity contribution in [2.75, 3.05) is 0 Å². The molecule has 0 aromatic carbocycles. The van der Waals surface area contributed by atoms with Crippen LogP contribution >= 0.6 is 22.0 Å². The summed E-state index contributed by atoms with van der Waals surface area (Å²) in [6.07, 6.45) is 3.82. The summed E-state index contributed by atoms with van der Waals surface area (Å²) in [5, 5.41) is 0. The highest BCUT2D eigenvalue weighted by atomic mass is 35.7. The van der Waals surface area contributed by atoms with Crippen LogP contribution in [0.3, 0.4) is 0 Å². The predicted octanol–water partition coefficient (Wildman–Crippen LogP) is 4.08. The molecule has 3 nitrogen and oxygen atoms in total. The second kappa shape index (κ2) is 4.43. The second-order valence-electron chi connectivity index (χ2n) is 6.66. The van der Waals surface area contributed by atoms with Crippen LogP contribution in [0, 0.1) is 16.7 Å². The maximum Gasteiger partial charge on any atom is 0.270 e. The van der Waals surface area contributed by atoms with Gasteiger partial charge in [0.2, 0.25) is 0 Å². The third-order valence-corrected chi connectivity index (χ3v) is 8.66. The molecule has 21 heavy (non-hydrogen) atoms. The van der Waals surface area contributed by atoms with Crippen molar-refractivity contribution in [3.05, 3.63) is 22.6 Å². The number of carbonyl (C=O) groups is 1. The molecule has 2 atom stereocenters. The van der Waals surface area contributed by atoms with Crippen molar-refractivity contribution in [1.82, 2.24) is 0 Å². The van der Waals surface area contributed by atoms with Crippen molar-refractivity contribution < 1.29 is 13.2 Å². The Kier molecular flexibility index (Phi) is 3.22. The minimum Gasteiger partial charge on any atom is -0.294 e. The average Bonchev–Trinajstić information content (AvgIpc) is 2.93. The van der Waals surface area contributed by atoms with E-state index in [4.69, 9.17) is 10.7 Å². The predicted molar refractivity (Wildman–Crippen MR) is 85.0 cm³/mol. The molecule has 114 valence electrons. The van der Waals surface area contributed by atoms with E-state index in [0.717, 1.165) is 34.6 Å². The standard InChI is InChI=1S/C15H17ClO3S2/c1-14(2)10-6-7-15(14,3)11(13(10)17)8-9-4-5-12(20-9)21(16,18)19/h4-5,8,10H,6-7H2,1-3H3/b11-8+. The van der Waals surface area contributed by atoms with Crippen LogP contribution in [-0.2, 0) is 13.8 Å². The van der Waals surface area contributed by atoms with E-state index in [2.05, 4.69) is 20.8 Å². The van der Waals surface area contributed by atoms with Crippen LogP contribution in [-0.4, -0.2) is 14.2 Å². The number of hydrogen-bond donors (Lipinski definition) is 0. The molecule has 2 fully saturated rings. The van der Waals surface area contributed by atoms with Gasteiger partial charge in [-0.1, -0.05) is 20.8 Å². The molecule has 1 heterocycles. The van der Waals surface area contributed by atoms with Crippen molar-refractivity contribution in [3.8, 4) is 0 Å². The van der Waals surface area contributed by atoms with E-state index >= 15 is 0 Å².